The quantitative estimate of drug-likeness (QED) is 0.594. The first kappa shape index (κ1) is 7.73. The molecule has 10 heavy (non-hydrogen) atoms. The molecule has 0 bridgehead atoms. The molecule has 0 aromatic carbocycles. The maximum Gasteiger partial charge on any atom is 0.0278 e. The van der Waals surface area contributed by atoms with E-state index in [2.05, 4.69) is 37.9 Å². The molecule has 56 valence electrons. The fraction of sp³-hybridized carbons (Fsp3) is 0.500. The molecular weight excluding hydrogens is 142 g/mol. The van der Waals surface area contributed by atoms with Crippen molar-refractivity contribution in [2.24, 2.45) is 7.05 Å². The summed E-state index contributed by atoms with van der Waals surface area (Å²) in [6.45, 7) is 4.33. The minimum atomic E-state index is 1.16. The highest BCUT2D eigenvalue weighted by Crippen LogP contribution is 2.21. The van der Waals surface area contributed by atoms with Crippen LogP contribution in [0.4, 0.5) is 0 Å². The lowest BCUT2D eigenvalue weighted by Gasteiger charge is -1.92. The van der Waals surface area contributed by atoms with Crippen molar-refractivity contribution in [1.29, 1.82) is 0 Å². The maximum atomic E-state index is 2.18. The van der Waals surface area contributed by atoms with Gasteiger partial charge in [-0.2, -0.15) is 0 Å². The number of aromatic nitrogens is 1. The Bertz CT molecular complexity index is 215. The van der Waals surface area contributed by atoms with E-state index in [0.717, 1.165) is 5.75 Å². The van der Waals surface area contributed by atoms with Crippen LogP contribution in [-0.4, -0.2) is 10.3 Å². The third-order valence-electron chi connectivity index (χ3n) is 1.41. The monoisotopic (exact) mass is 155 g/mol. The van der Waals surface area contributed by atoms with Crippen LogP contribution in [0.25, 0.3) is 0 Å². The van der Waals surface area contributed by atoms with Crippen LogP contribution in [0.1, 0.15) is 12.5 Å². The lowest BCUT2D eigenvalue weighted by atomic mass is 10.4. The Labute approximate surface area is 66.4 Å². The Morgan fingerprint density at radius 2 is 2.20 bits per heavy atom. The van der Waals surface area contributed by atoms with E-state index >= 15 is 0 Å². The standard InChI is InChI=1S/C8H13NS/c1-4-10-8-6-9(3)5-7(8)2/h5-6H,4H2,1-3H3. The van der Waals surface area contributed by atoms with Crippen LogP contribution in [0.2, 0.25) is 0 Å². The Balaban J connectivity index is 2.81. The highest BCUT2D eigenvalue weighted by Gasteiger charge is 1.98. The maximum absolute atomic E-state index is 2.18. The number of nitrogens with zero attached hydrogens (tertiary/aromatic N) is 1. The van der Waals surface area contributed by atoms with Gasteiger partial charge in [-0.25, -0.2) is 0 Å². The molecule has 0 N–H and O–H groups in total. The zero-order valence-electron chi connectivity index (χ0n) is 6.72. The van der Waals surface area contributed by atoms with Crippen molar-refractivity contribution in [3.8, 4) is 0 Å². The summed E-state index contributed by atoms with van der Waals surface area (Å²) in [5.74, 6) is 1.16. The van der Waals surface area contributed by atoms with Crippen molar-refractivity contribution in [3.05, 3.63) is 18.0 Å². The van der Waals surface area contributed by atoms with Crippen LogP contribution in [0.5, 0.6) is 0 Å². The average molecular weight is 155 g/mol. The molecule has 1 heterocycles. The van der Waals surface area contributed by atoms with Gasteiger partial charge in [0.15, 0.2) is 0 Å². The molecule has 0 aliphatic rings. The van der Waals surface area contributed by atoms with Crippen LogP contribution in [0.15, 0.2) is 17.3 Å². The number of hydrogen-bond donors (Lipinski definition) is 0. The molecule has 0 unspecified atom stereocenters. The van der Waals surface area contributed by atoms with E-state index in [9.17, 15) is 0 Å². The lowest BCUT2D eigenvalue weighted by Crippen LogP contribution is -1.77. The molecule has 0 radical (unpaired) electrons. The van der Waals surface area contributed by atoms with Crippen molar-refractivity contribution in [1.82, 2.24) is 4.57 Å². The van der Waals surface area contributed by atoms with Gasteiger partial charge in [-0.1, -0.05) is 6.92 Å². The van der Waals surface area contributed by atoms with Gasteiger partial charge in [0.2, 0.25) is 0 Å². The average Bonchev–Trinajstić information content (AvgIpc) is 2.13. The molecule has 2 heteroatoms. The number of thioether (sulfide) groups is 1. The summed E-state index contributed by atoms with van der Waals surface area (Å²) in [4.78, 5) is 1.41. The van der Waals surface area contributed by atoms with E-state index in [0.29, 0.717) is 0 Å². The Hall–Kier alpha value is -0.370. The molecule has 1 aromatic rings. The molecular formula is C8H13NS. The van der Waals surface area contributed by atoms with Gasteiger partial charge in [0.1, 0.15) is 0 Å². The largest absolute Gasteiger partial charge is 0.356 e. The van der Waals surface area contributed by atoms with Crippen molar-refractivity contribution >= 4 is 11.8 Å². The summed E-state index contributed by atoms with van der Waals surface area (Å²) in [6.07, 6.45) is 4.32. The molecule has 0 saturated carbocycles. The highest BCUT2D eigenvalue weighted by atomic mass is 32.2. The van der Waals surface area contributed by atoms with Gasteiger partial charge in [0.25, 0.3) is 0 Å². The van der Waals surface area contributed by atoms with Crippen molar-refractivity contribution in [3.63, 3.8) is 0 Å². The molecule has 0 saturated heterocycles. The smallest absolute Gasteiger partial charge is 0.0278 e. The second-order valence-electron chi connectivity index (χ2n) is 2.40. The summed E-state index contributed by atoms with van der Waals surface area (Å²) in [5.41, 5.74) is 1.38. The predicted octanol–water partition coefficient (Wildman–Crippen LogP) is 2.45. The third kappa shape index (κ3) is 1.57. The molecule has 0 aliphatic heterocycles. The first-order chi connectivity index (χ1) is 4.74. The van der Waals surface area contributed by atoms with Crippen LogP contribution in [-0.2, 0) is 7.05 Å². The molecule has 1 aromatic heterocycles. The Kier molecular flexibility index (Phi) is 2.44. The summed E-state index contributed by atoms with van der Waals surface area (Å²) in [5, 5.41) is 0. The fourth-order valence-electron chi connectivity index (χ4n) is 1.000. The van der Waals surface area contributed by atoms with Gasteiger partial charge in [-0.05, 0) is 18.2 Å². The zero-order valence-corrected chi connectivity index (χ0v) is 7.53. The molecule has 1 nitrogen and oxygen atoms in total. The molecule has 0 fully saturated rings. The van der Waals surface area contributed by atoms with E-state index in [1.165, 1.54) is 10.5 Å². The van der Waals surface area contributed by atoms with E-state index < -0.39 is 0 Å². The summed E-state index contributed by atoms with van der Waals surface area (Å²) >= 11 is 1.90. The van der Waals surface area contributed by atoms with Gasteiger partial charge < -0.3 is 4.57 Å². The summed E-state index contributed by atoms with van der Waals surface area (Å²) in [6, 6.07) is 0. The molecule has 1 rings (SSSR count). The van der Waals surface area contributed by atoms with Crippen molar-refractivity contribution < 1.29 is 0 Å². The van der Waals surface area contributed by atoms with Gasteiger partial charge in [0.05, 0.1) is 0 Å². The lowest BCUT2D eigenvalue weighted by molar-refractivity contribution is 0.919. The fourth-order valence-corrected chi connectivity index (χ4v) is 1.83. The number of hydrogen-bond acceptors (Lipinski definition) is 1. The molecule has 0 atom stereocenters. The predicted molar refractivity (Wildman–Crippen MR) is 46.5 cm³/mol. The van der Waals surface area contributed by atoms with E-state index in [-0.39, 0.29) is 0 Å². The second kappa shape index (κ2) is 3.15. The van der Waals surface area contributed by atoms with Gasteiger partial charge in [-0.3, -0.25) is 0 Å². The van der Waals surface area contributed by atoms with Crippen LogP contribution >= 0.6 is 11.8 Å². The van der Waals surface area contributed by atoms with E-state index in [1.807, 2.05) is 11.8 Å². The highest BCUT2D eigenvalue weighted by molar-refractivity contribution is 7.99. The molecule has 0 amide bonds. The minimum Gasteiger partial charge on any atom is -0.356 e. The van der Waals surface area contributed by atoms with Crippen molar-refractivity contribution in [2.75, 3.05) is 5.75 Å². The number of aryl methyl sites for hydroxylation is 2. The minimum absolute atomic E-state index is 1.16. The van der Waals surface area contributed by atoms with Crippen LogP contribution in [0, 0.1) is 6.92 Å². The van der Waals surface area contributed by atoms with E-state index in [4.69, 9.17) is 0 Å². The van der Waals surface area contributed by atoms with Crippen LogP contribution in [0.3, 0.4) is 0 Å². The first-order valence-corrected chi connectivity index (χ1v) is 4.48. The zero-order chi connectivity index (χ0) is 7.56. The SMILES string of the molecule is CCSc1cn(C)cc1C. The summed E-state index contributed by atoms with van der Waals surface area (Å²) < 4.78 is 2.10. The van der Waals surface area contributed by atoms with Gasteiger partial charge in [0, 0.05) is 24.3 Å². The Morgan fingerprint density at radius 3 is 2.60 bits per heavy atom. The molecule has 0 spiro atoms. The van der Waals surface area contributed by atoms with Gasteiger partial charge in [-0.15, -0.1) is 11.8 Å². The van der Waals surface area contributed by atoms with Gasteiger partial charge >= 0.3 is 0 Å². The molecule has 0 aliphatic carbocycles. The normalized spacial score (nSPS) is 10.3. The third-order valence-corrected chi connectivity index (χ3v) is 2.43. The van der Waals surface area contributed by atoms with E-state index in [1.54, 1.807) is 0 Å². The second-order valence-corrected chi connectivity index (χ2v) is 3.71. The summed E-state index contributed by atoms with van der Waals surface area (Å²) in [7, 11) is 2.06. The number of rotatable bonds is 2. The van der Waals surface area contributed by atoms with Crippen LogP contribution < -0.4 is 0 Å². The topological polar surface area (TPSA) is 4.93 Å². The van der Waals surface area contributed by atoms with Crippen molar-refractivity contribution in [2.45, 2.75) is 18.7 Å². The Morgan fingerprint density at radius 1 is 1.50 bits per heavy atom. The first-order valence-electron chi connectivity index (χ1n) is 3.49.